The molecule has 1 aromatic rings. The Labute approximate surface area is 146 Å². The van der Waals surface area contributed by atoms with Gasteiger partial charge < -0.3 is 20.1 Å². The number of primary amides is 1. The summed E-state index contributed by atoms with van der Waals surface area (Å²) >= 11 is 6.02. The molecule has 0 unspecified atom stereocenters. The van der Waals surface area contributed by atoms with Crippen molar-refractivity contribution in [3.05, 3.63) is 29.3 Å². The molecule has 0 aromatic heterocycles. The van der Waals surface area contributed by atoms with Crippen molar-refractivity contribution in [2.24, 2.45) is 5.73 Å². The van der Waals surface area contributed by atoms with Crippen molar-refractivity contribution in [1.29, 1.82) is 0 Å². The lowest BCUT2D eigenvalue weighted by Gasteiger charge is -2.41. The first kappa shape index (κ1) is 18.5. The van der Waals surface area contributed by atoms with Gasteiger partial charge in [0.25, 0.3) is 5.91 Å². The van der Waals surface area contributed by atoms with E-state index in [-0.39, 0.29) is 24.8 Å². The van der Waals surface area contributed by atoms with Gasteiger partial charge in [-0.05, 0) is 31.4 Å². The average molecular weight is 355 g/mol. The van der Waals surface area contributed by atoms with E-state index in [2.05, 4.69) is 0 Å². The third kappa shape index (κ3) is 4.85. The van der Waals surface area contributed by atoms with Gasteiger partial charge >= 0.3 is 0 Å². The molecule has 1 saturated heterocycles. The molecule has 1 atom stereocenters. The molecular weight excluding hydrogens is 332 g/mol. The van der Waals surface area contributed by atoms with Gasteiger partial charge in [0.1, 0.15) is 5.75 Å². The van der Waals surface area contributed by atoms with E-state index in [1.54, 1.807) is 36.3 Å². The van der Waals surface area contributed by atoms with Crippen molar-refractivity contribution >= 4 is 23.4 Å². The molecule has 0 saturated carbocycles. The molecule has 24 heavy (non-hydrogen) atoms. The Bertz CT molecular complexity index is 596. The minimum absolute atomic E-state index is 0.0840. The Morgan fingerprint density at radius 2 is 2.12 bits per heavy atom. The van der Waals surface area contributed by atoms with E-state index < -0.39 is 5.60 Å². The quantitative estimate of drug-likeness (QED) is 0.811. The first-order valence-electron chi connectivity index (χ1n) is 7.94. The molecule has 2 rings (SSSR count). The summed E-state index contributed by atoms with van der Waals surface area (Å²) in [4.78, 5) is 25.2. The maximum atomic E-state index is 12.4. The van der Waals surface area contributed by atoms with Crippen LogP contribution in [0.15, 0.2) is 24.3 Å². The van der Waals surface area contributed by atoms with Gasteiger partial charge in [0.05, 0.1) is 10.6 Å². The number of methoxy groups -OCH3 is 1. The van der Waals surface area contributed by atoms with E-state index in [1.165, 1.54) is 0 Å². The second-order valence-corrected chi connectivity index (χ2v) is 6.40. The molecule has 7 heteroatoms. The number of carbonyl (C=O) groups is 2. The van der Waals surface area contributed by atoms with E-state index in [0.717, 1.165) is 12.8 Å². The van der Waals surface area contributed by atoms with E-state index in [4.69, 9.17) is 26.8 Å². The molecule has 0 radical (unpaired) electrons. The maximum absolute atomic E-state index is 12.4. The highest BCUT2D eigenvalue weighted by Gasteiger charge is 2.37. The van der Waals surface area contributed by atoms with Gasteiger partial charge in [-0.2, -0.15) is 0 Å². The lowest BCUT2D eigenvalue weighted by atomic mass is 9.88. The van der Waals surface area contributed by atoms with E-state index in [0.29, 0.717) is 30.3 Å². The van der Waals surface area contributed by atoms with Crippen LogP contribution >= 0.6 is 11.6 Å². The number of amides is 2. The number of hydrogen-bond donors (Lipinski definition) is 1. The first-order valence-corrected chi connectivity index (χ1v) is 8.32. The fourth-order valence-corrected chi connectivity index (χ4v) is 3.12. The number of ether oxygens (including phenoxy) is 2. The Balaban J connectivity index is 1.94. The summed E-state index contributed by atoms with van der Waals surface area (Å²) in [6.07, 6.45) is 2.36. The van der Waals surface area contributed by atoms with E-state index in [1.807, 2.05) is 0 Å². The van der Waals surface area contributed by atoms with Crippen LogP contribution in [0.2, 0.25) is 5.02 Å². The largest absolute Gasteiger partial charge is 0.482 e. The summed E-state index contributed by atoms with van der Waals surface area (Å²) in [6.45, 7) is 0.993. The summed E-state index contributed by atoms with van der Waals surface area (Å²) in [5.74, 6) is -0.0108. The fourth-order valence-electron chi connectivity index (χ4n) is 2.93. The number of piperidine rings is 1. The Kier molecular flexibility index (Phi) is 6.45. The highest BCUT2D eigenvalue weighted by atomic mass is 35.5. The topological polar surface area (TPSA) is 81.9 Å². The third-order valence-corrected chi connectivity index (χ3v) is 4.65. The summed E-state index contributed by atoms with van der Waals surface area (Å²) in [5, 5.41) is 0.469. The van der Waals surface area contributed by atoms with E-state index in [9.17, 15) is 9.59 Å². The van der Waals surface area contributed by atoms with Crippen LogP contribution in [0.1, 0.15) is 25.7 Å². The van der Waals surface area contributed by atoms with Gasteiger partial charge in [-0.1, -0.05) is 23.7 Å². The summed E-state index contributed by atoms with van der Waals surface area (Å²) in [7, 11) is 1.61. The zero-order valence-electron chi connectivity index (χ0n) is 13.8. The first-order chi connectivity index (χ1) is 11.5. The van der Waals surface area contributed by atoms with Crippen molar-refractivity contribution in [3.8, 4) is 5.75 Å². The molecule has 0 bridgehead atoms. The SMILES string of the molecule is CO[C@]1(CCC(N)=O)CCCN(C(=O)COc2ccccc2Cl)C1. The second-order valence-electron chi connectivity index (χ2n) is 5.99. The van der Waals surface area contributed by atoms with Crippen molar-refractivity contribution in [1.82, 2.24) is 4.90 Å². The monoisotopic (exact) mass is 354 g/mol. The molecule has 6 nitrogen and oxygen atoms in total. The van der Waals surface area contributed by atoms with Gasteiger partial charge in [0.15, 0.2) is 6.61 Å². The molecule has 1 aliphatic heterocycles. The number of para-hydroxylation sites is 1. The number of carbonyl (C=O) groups excluding carboxylic acids is 2. The number of nitrogens with zero attached hydrogens (tertiary/aromatic N) is 1. The Hall–Kier alpha value is -1.79. The minimum atomic E-state index is -0.521. The summed E-state index contributed by atoms with van der Waals surface area (Å²) in [6, 6.07) is 7.03. The molecule has 1 aliphatic rings. The van der Waals surface area contributed by atoms with Crippen molar-refractivity contribution < 1.29 is 19.1 Å². The predicted molar refractivity (Wildman–Crippen MR) is 90.9 cm³/mol. The molecule has 1 heterocycles. The molecular formula is C17H23ClN2O4. The number of benzene rings is 1. The van der Waals surface area contributed by atoms with Crippen LogP contribution in [-0.2, 0) is 14.3 Å². The van der Waals surface area contributed by atoms with Crippen LogP contribution in [0.25, 0.3) is 0 Å². The molecule has 2 N–H and O–H groups in total. The van der Waals surface area contributed by atoms with Gasteiger partial charge in [-0.3, -0.25) is 9.59 Å². The maximum Gasteiger partial charge on any atom is 0.260 e. The van der Waals surface area contributed by atoms with Crippen LogP contribution < -0.4 is 10.5 Å². The fraction of sp³-hybridized carbons (Fsp3) is 0.529. The highest BCUT2D eigenvalue weighted by Crippen LogP contribution is 2.29. The standard InChI is InChI=1S/C17H23ClN2O4/c1-23-17(9-7-15(19)21)8-4-10-20(12-17)16(22)11-24-14-6-3-2-5-13(14)18/h2-3,5-6H,4,7-12H2,1H3,(H2,19,21)/t17-/m0/s1. The molecule has 1 fully saturated rings. The third-order valence-electron chi connectivity index (χ3n) is 4.34. The van der Waals surface area contributed by atoms with Crippen LogP contribution in [-0.4, -0.2) is 49.1 Å². The highest BCUT2D eigenvalue weighted by molar-refractivity contribution is 6.32. The Morgan fingerprint density at radius 3 is 2.79 bits per heavy atom. The number of hydrogen-bond acceptors (Lipinski definition) is 4. The van der Waals surface area contributed by atoms with Crippen LogP contribution in [0, 0.1) is 0 Å². The van der Waals surface area contributed by atoms with Gasteiger partial charge in [0.2, 0.25) is 5.91 Å². The summed E-state index contributed by atoms with van der Waals surface area (Å²) < 4.78 is 11.1. The van der Waals surface area contributed by atoms with Gasteiger partial charge in [-0.25, -0.2) is 0 Å². The Morgan fingerprint density at radius 1 is 1.38 bits per heavy atom. The van der Waals surface area contributed by atoms with Crippen molar-refractivity contribution in [3.63, 3.8) is 0 Å². The van der Waals surface area contributed by atoms with Crippen molar-refractivity contribution in [2.75, 3.05) is 26.8 Å². The minimum Gasteiger partial charge on any atom is -0.482 e. The lowest BCUT2D eigenvalue weighted by molar-refractivity contribution is -0.143. The summed E-state index contributed by atoms with van der Waals surface area (Å²) in [5.41, 5.74) is 4.72. The van der Waals surface area contributed by atoms with Crippen molar-refractivity contribution in [2.45, 2.75) is 31.3 Å². The second kappa shape index (κ2) is 8.35. The molecule has 132 valence electrons. The molecule has 0 aliphatic carbocycles. The lowest BCUT2D eigenvalue weighted by Crippen LogP contribution is -2.52. The normalized spacial score (nSPS) is 20.7. The van der Waals surface area contributed by atoms with Crippen LogP contribution in [0.3, 0.4) is 0 Å². The van der Waals surface area contributed by atoms with Crippen LogP contribution in [0.4, 0.5) is 0 Å². The smallest absolute Gasteiger partial charge is 0.260 e. The predicted octanol–water partition coefficient (Wildman–Crippen LogP) is 1.99. The molecule has 0 spiro atoms. The van der Waals surface area contributed by atoms with Gasteiger partial charge in [0, 0.05) is 26.6 Å². The zero-order chi connectivity index (χ0) is 17.6. The molecule has 2 amide bonds. The number of rotatable bonds is 7. The number of nitrogens with two attached hydrogens (primary N) is 1. The average Bonchev–Trinajstić information content (AvgIpc) is 2.59. The zero-order valence-corrected chi connectivity index (χ0v) is 14.6. The van der Waals surface area contributed by atoms with Gasteiger partial charge in [-0.15, -0.1) is 0 Å². The number of likely N-dealkylation sites (tertiary alicyclic amines) is 1. The van der Waals surface area contributed by atoms with E-state index >= 15 is 0 Å². The van der Waals surface area contributed by atoms with Crippen LogP contribution in [0.5, 0.6) is 5.75 Å². The molecule has 1 aromatic carbocycles. The number of halogens is 1.